The molecule has 2 aliphatic heterocycles. The van der Waals surface area contributed by atoms with Crippen molar-refractivity contribution >= 4 is 35.3 Å². The van der Waals surface area contributed by atoms with E-state index in [1.807, 2.05) is 12.1 Å². The van der Waals surface area contributed by atoms with Crippen LogP contribution in [0.3, 0.4) is 0 Å². The standard InChI is InChI=1S/C23H23N3O6S/c1-15(23(28)25-9-2-3-18(13-25)24-14-27)16-4-7-22(20(12-16)26(29)30)33-19-5-6-21-17(11-19)8-10-31-32-21/h4-7,11-12,14,18H,1-3,8-10,13H2,(H,24,27). The summed E-state index contributed by atoms with van der Waals surface area (Å²) in [6, 6.07) is 10.1. The Hall–Kier alpha value is -3.37. The van der Waals surface area contributed by atoms with Crippen LogP contribution >= 0.6 is 11.8 Å². The van der Waals surface area contributed by atoms with Gasteiger partial charge in [-0.05, 0) is 42.7 Å². The first kappa shape index (κ1) is 22.8. The zero-order chi connectivity index (χ0) is 23.4. The Balaban J connectivity index is 1.53. The molecule has 172 valence electrons. The van der Waals surface area contributed by atoms with Crippen LogP contribution in [0.2, 0.25) is 0 Å². The lowest BCUT2D eigenvalue weighted by Gasteiger charge is -2.32. The Bertz CT molecular complexity index is 1110. The quantitative estimate of drug-likeness (QED) is 0.218. The Morgan fingerprint density at radius 2 is 2.15 bits per heavy atom. The fourth-order valence-electron chi connectivity index (χ4n) is 3.92. The van der Waals surface area contributed by atoms with Gasteiger partial charge in [-0.1, -0.05) is 24.4 Å². The van der Waals surface area contributed by atoms with Gasteiger partial charge >= 0.3 is 0 Å². The maximum Gasteiger partial charge on any atom is 0.283 e. The predicted octanol–water partition coefficient (Wildman–Crippen LogP) is 3.36. The van der Waals surface area contributed by atoms with Gasteiger partial charge in [0.25, 0.3) is 11.6 Å². The first-order valence-corrected chi connectivity index (χ1v) is 11.3. The lowest BCUT2D eigenvalue weighted by molar-refractivity contribution is -0.387. The molecule has 1 atom stereocenters. The number of hydrogen-bond acceptors (Lipinski definition) is 7. The number of rotatable bonds is 7. The monoisotopic (exact) mass is 469 g/mol. The lowest BCUT2D eigenvalue weighted by atomic mass is 10.0. The van der Waals surface area contributed by atoms with E-state index in [1.54, 1.807) is 23.1 Å². The minimum Gasteiger partial charge on any atom is -0.354 e. The number of nitrogens with one attached hydrogen (secondary N) is 1. The summed E-state index contributed by atoms with van der Waals surface area (Å²) in [4.78, 5) is 48.1. The first-order valence-electron chi connectivity index (χ1n) is 10.5. The van der Waals surface area contributed by atoms with Gasteiger partial charge in [0.15, 0.2) is 5.75 Å². The lowest BCUT2D eigenvalue weighted by Crippen LogP contribution is -2.47. The molecule has 2 aliphatic rings. The molecule has 2 heterocycles. The Morgan fingerprint density at radius 1 is 1.30 bits per heavy atom. The largest absolute Gasteiger partial charge is 0.354 e. The van der Waals surface area contributed by atoms with Gasteiger partial charge in [0.1, 0.15) is 0 Å². The molecule has 0 saturated carbocycles. The van der Waals surface area contributed by atoms with E-state index in [0.29, 0.717) is 48.7 Å². The van der Waals surface area contributed by atoms with Gasteiger partial charge in [-0.25, -0.2) is 0 Å². The van der Waals surface area contributed by atoms with Crippen LogP contribution in [-0.2, 0) is 20.9 Å². The molecule has 2 amide bonds. The Kier molecular flexibility index (Phi) is 6.95. The summed E-state index contributed by atoms with van der Waals surface area (Å²) in [6.07, 6.45) is 2.90. The van der Waals surface area contributed by atoms with E-state index >= 15 is 0 Å². The number of carbonyl (C=O) groups excluding carboxylic acids is 2. The number of nitro groups is 1. The van der Waals surface area contributed by atoms with Gasteiger partial charge in [-0.3, -0.25) is 19.7 Å². The molecule has 1 unspecified atom stereocenters. The summed E-state index contributed by atoms with van der Waals surface area (Å²) in [5.41, 5.74) is 1.47. The molecule has 0 radical (unpaired) electrons. The van der Waals surface area contributed by atoms with Crippen LogP contribution in [0.5, 0.6) is 5.75 Å². The molecular formula is C23H23N3O6S. The molecule has 4 rings (SSSR count). The third-order valence-corrected chi connectivity index (χ3v) is 6.69. The Morgan fingerprint density at radius 3 is 2.94 bits per heavy atom. The van der Waals surface area contributed by atoms with E-state index in [1.165, 1.54) is 17.8 Å². The number of nitrogens with zero attached hydrogens (tertiary/aromatic N) is 2. The molecular weight excluding hydrogens is 446 g/mol. The number of nitro benzene ring substituents is 1. The average molecular weight is 470 g/mol. The van der Waals surface area contributed by atoms with Gasteiger partial charge < -0.3 is 15.1 Å². The number of likely N-dealkylation sites (tertiary alicyclic amines) is 1. The summed E-state index contributed by atoms with van der Waals surface area (Å²) in [5.74, 6) is 0.354. The van der Waals surface area contributed by atoms with Crippen molar-refractivity contribution in [2.75, 3.05) is 19.7 Å². The van der Waals surface area contributed by atoms with Crippen LogP contribution in [0, 0.1) is 10.1 Å². The molecule has 2 aromatic rings. The summed E-state index contributed by atoms with van der Waals surface area (Å²) < 4.78 is 0. The fourth-order valence-corrected chi connectivity index (χ4v) is 4.89. The number of amides is 2. The highest BCUT2D eigenvalue weighted by atomic mass is 32.2. The highest BCUT2D eigenvalue weighted by Crippen LogP contribution is 2.38. The van der Waals surface area contributed by atoms with Crippen molar-refractivity contribution in [1.29, 1.82) is 0 Å². The molecule has 9 nitrogen and oxygen atoms in total. The van der Waals surface area contributed by atoms with Crippen molar-refractivity contribution in [3.63, 3.8) is 0 Å². The summed E-state index contributed by atoms with van der Waals surface area (Å²) in [6.45, 7) is 5.29. The number of hydrogen-bond donors (Lipinski definition) is 1. The van der Waals surface area contributed by atoms with Crippen molar-refractivity contribution in [3.8, 4) is 5.75 Å². The molecule has 33 heavy (non-hydrogen) atoms. The highest BCUT2D eigenvalue weighted by molar-refractivity contribution is 7.99. The molecule has 1 saturated heterocycles. The molecule has 1 N–H and O–H groups in total. The van der Waals surface area contributed by atoms with Crippen LogP contribution in [0.15, 0.2) is 52.8 Å². The molecule has 1 fully saturated rings. The second kappa shape index (κ2) is 10.1. The average Bonchev–Trinajstić information content (AvgIpc) is 2.83. The summed E-state index contributed by atoms with van der Waals surface area (Å²) in [7, 11) is 0. The third kappa shape index (κ3) is 5.18. The normalized spacial score (nSPS) is 17.5. The van der Waals surface area contributed by atoms with Crippen molar-refractivity contribution in [1.82, 2.24) is 10.2 Å². The number of benzene rings is 2. The topological polar surface area (TPSA) is 111 Å². The van der Waals surface area contributed by atoms with Crippen LogP contribution in [0.1, 0.15) is 24.0 Å². The maximum absolute atomic E-state index is 13.0. The van der Waals surface area contributed by atoms with E-state index in [-0.39, 0.29) is 23.2 Å². The van der Waals surface area contributed by atoms with E-state index in [9.17, 15) is 19.7 Å². The molecule has 0 aliphatic carbocycles. The molecule has 2 aromatic carbocycles. The van der Waals surface area contributed by atoms with Gasteiger partial charge in [-0.2, -0.15) is 4.89 Å². The molecule has 0 bridgehead atoms. The van der Waals surface area contributed by atoms with Gasteiger partial charge in [0, 0.05) is 47.7 Å². The van der Waals surface area contributed by atoms with E-state index in [0.717, 1.165) is 23.3 Å². The van der Waals surface area contributed by atoms with Crippen molar-refractivity contribution in [3.05, 3.63) is 64.2 Å². The Labute approximate surface area is 194 Å². The first-order chi connectivity index (χ1) is 16.0. The third-order valence-electron chi connectivity index (χ3n) is 5.64. The van der Waals surface area contributed by atoms with E-state index in [2.05, 4.69) is 11.9 Å². The minimum absolute atomic E-state index is 0.0945. The molecule has 0 aromatic heterocycles. The summed E-state index contributed by atoms with van der Waals surface area (Å²) >= 11 is 1.27. The SMILES string of the molecule is C=C(C(=O)N1CCCC(NC=O)C1)c1ccc(Sc2ccc3c(c2)CCOO3)c([N+](=O)[O-])c1. The molecule has 10 heteroatoms. The van der Waals surface area contributed by atoms with Gasteiger partial charge in [0.05, 0.1) is 16.4 Å². The number of fused-ring (bicyclic) bond motifs is 1. The van der Waals surface area contributed by atoms with Crippen LogP contribution in [0.25, 0.3) is 5.57 Å². The van der Waals surface area contributed by atoms with Gasteiger partial charge in [-0.15, -0.1) is 0 Å². The highest BCUT2D eigenvalue weighted by Gasteiger charge is 2.26. The summed E-state index contributed by atoms with van der Waals surface area (Å²) in [5, 5.41) is 14.5. The van der Waals surface area contributed by atoms with Crippen molar-refractivity contribution in [2.45, 2.75) is 35.1 Å². The maximum atomic E-state index is 13.0. The van der Waals surface area contributed by atoms with Crippen molar-refractivity contribution < 1.29 is 24.3 Å². The van der Waals surface area contributed by atoms with E-state index < -0.39 is 4.92 Å². The fraction of sp³-hybridized carbons (Fsp3) is 0.304. The van der Waals surface area contributed by atoms with Gasteiger partial charge in [0.2, 0.25) is 6.41 Å². The van der Waals surface area contributed by atoms with E-state index in [4.69, 9.17) is 9.78 Å². The van der Waals surface area contributed by atoms with Crippen LogP contribution in [-0.4, -0.2) is 47.9 Å². The van der Waals surface area contributed by atoms with Crippen LogP contribution in [0.4, 0.5) is 5.69 Å². The predicted molar refractivity (Wildman–Crippen MR) is 122 cm³/mol. The smallest absolute Gasteiger partial charge is 0.283 e. The second-order valence-corrected chi connectivity index (χ2v) is 8.94. The zero-order valence-corrected chi connectivity index (χ0v) is 18.6. The molecule has 0 spiro atoms. The van der Waals surface area contributed by atoms with Crippen LogP contribution < -0.4 is 10.2 Å². The second-order valence-electron chi connectivity index (χ2n) is 7.82. The number of carbonyl (C=O) groups is 2. The number of piperidine rings is 1. The van der Waals surface area contributed by atoms with Crippen molar-refractivity contribution in [2.24, 2.45) is 0 Å². The zero-order valence-electron chi connectivity index (χ0n) is 17.8. The minimum atomic E-state index is -0.454.